The Balaban J connectivity index is 1.90. The number of carbonyl (C=O) groups is 3. The molecule has 0 unspecified atom stereocenters. The van der Waals surface area contributed by atoms with Gasteiger partial charge in [0.05, 0.1) is 13.2 Å². The monoisotopic (exact) mass is 461 g/mol. The lowest BCUT2D eigenvalue weighted by atomic mass is 10.0. The number of hydrogen-bond donors (Lipinski definition) is 0. The van der Waals surface area contributed by atoms with Gasteiger partial charge in [-0.15, -0.1) is 0 Å². The van der Waals surface area contributed by atoms with Crippen molar-refractivity contribution >= 4 is 17.7 Å². The SMILES string of the molecule is CCOC(=O)c1c(C)c(C(=O)CN(CCc2ccccn2)C(=O)c2ccc(C)cc2)c(C)n1C. The van der Waals surface area contributed by atoms with E-state index in [0.29, 0.717) is 41.0 Å². The van der Waals surface area contributed by atoms with E-state index in [1.807, 2.05) is 37.3 Å². The number of ketones is 1. The standard InChI is InChI=1S/C27H31N3O4/c1-6-34-27(33)25-19(3)24(20(4)29(25)5)23(31)17-30(16-14-22-9-7-8-15-28-22)26(32)21-12-10-18(2)11-13-21/h7-13,15H,6,14,16-17H2,1-5H3. The molecule has 2 aromatic heterocycles. The molecule has 178 valence electrons. The maximum absolute atomic E-state index is 13.5. The zero-order chi connectivity index (χ0) is 24.8. The van der Waals surface area contributed by atoms with Crippen LogP contribution < -0.4 is 0 Å². The van der Waals surface area contributed by atoms with Crippen LogP contribution in [0.1, 0.15) is 60.6 Å². The Hall–Kier alpha value is -3.74. The number of benzene rings is 1. The lowest BCUT2D eigenvalue weighted by Crippen LogP contribution is -2.37. The molecule has 0 bridgehead atoms. The molecule has 0 aliphatic heterocycles. The number of Topliss-reactive ketones (excluding diaryl/α,β-unsaturated/α-hetero) is 1. The molecular formula is C27H31N3O4. The average Bonchev–Trinajstić information content (AvgIpc) is 3.05. The van der Waals surface area contributed by atoms with Gasteiger partial charge in [0.25, 0.3) is 5.91 Å². The summed E-state index contributed by atoms with van der Waals surface area (Å²) in [5.41, 5.74) is 4.45. The summed E-state index contributed by atoms with van der Waals surface area (Å²) in [5.74, 6) is -0.906. The van der Waals surface area contributed by atoms with Gasteiger partial charge in [0, 0.05) is 48.7 Å². The predicted molar refractivity (Wildman–Crippen MR) is 130 cm³/mol. The molecule has 1 amide bonds. The number of esters is 1. The van der Waals surface area contributed by atoms with Gasteiger partial charge in [-0.3, -0.25) is 14.6 Å². The average molecular weight is 462 g/mol. The van der Waals surface area contributed by atoms with E-state index in [9.17, 15) is 14.4 Å². The number of nitrogens with zero attached hydrogens (tertiary/aromatic N) is 3. The maximum atomic E-state index is 13.5. The van der Waals surface area contributed by atoms with Crippen LogP contribution in [-0.2, 0) is 18.2 Å². The quantitative estimate of drug-likeness (QED) is 0.354. The third kappa shape index (κ3) is 5.42. The molecule has 0 aliphatic carbocycles. The van der Waals surface area contributed by atoms with Gasteiger partial charge in [-0.05, 0) is 57.5 Å². The van der Waals surface area contributed by atoms with Crippen molar-refractivity contribution in [3.63, 3.8) is 0 Å². The molecule has 0 radical (unpaired) electrons. The van der Waals surface area contributed by atoms with E-state index >= 15 is 0 Å². The fraction of sp³-hybridized carbons (Fsp3) is 0.333. The van der Waals surface area contributed by atoms with E-state index in [0.717, 1.165) is 11.3 Å². The highest BCUT2D eigenvalue weighted by atomic mass is 16.5. The number of hydrogen-bond acceptors (Lipinski definition) is 5. The zero-order valence-corrected chi connectivity index (χ0v) is 20.4. The van der Waals surface area contributed by atoms with Gasteiger partial charge in [-0.25, -0.2) is 4.79 Å². The van der Waals surface area contributed by atoms with E-state index in [1.54, 1.807) is 55.6 Å². The molecule has 0 aliphatic rings. The molecule has 0 fully saturated rings. The first kappa shape index (κ1) is 24.9. The molecule has 0 atom stereocenters. The molecule has 34 heavy (non-hydrogen) atoms. The van der Waals surface area contributed by atoms with E-state index in [-0.39, 0.29) is 24.8 Å². The van der Waals surface area contributed by atoms with Gasteiger partial charge >= 0.3 is 5.97 Å². The first-order chi connectivity index (χ1) is 16.2. The zero-order valence-electron chi connectivity index (χ0n) is 20.4. The fourth-order valence-electron chi connectivity index (χ4n) is 4.06. The van der Waals surface area contributed by atoms with Crippen LogP contribution in [0, 0.1) is 20.8 Å². The summed E-state index contributed by atoms with van der Waals surface area (Å²) in [6.45, 7) is 7.72. The Labute approximate surface area is 200 Å². The summed E-state index contributed by atoms with van der Waals surface area (Å²) in [4.78, 5) is 45.2. The van der Waals surface area contributed by atoms with Crippen molar-refractivity contribution in [2.45, 2.75) is 34.1 Å². The molecular weight excluding hydrogens is 430 g/mol. The van der Waals surface area contributed by atoms with E-state index in [2.05, 4.69) is 4.98 Å². The Morgan fingerprint density at radius 1 is 1.03 bits per heavy atom. The fourth-order valence-corrected chi connectivity index (χ4v) is 4.06. The van der Waals surface area contributed by atoms with E-state index in [4.69, 9.17) is 4.74 Å². The first-order valence-electron chi connectivity index (χ1n) is 11.4. The molecule has 0 spiro atoms. The number of pyridine rings is 1. The number of carbonyl (C=O) groups excluding carboxylic acids is 3. The molecule has 0 saturated heterocycles. The molecule has 7 nitrogen and oxygen atoms in total. The Morgan fingerprint density at radius 2 is 1.74 bits per heavy atom. The Bertz CT molecular complexity index is 1180. The number of rotatable bonds is 9. The molecule has 0 saturated carbocycles. The lowest BCUT2D eigenvalue weighted by molar-refractivity contribution is 0.0514. The van der Waals surface area contributed by atoms with Crippen LogP contribution >= 0.6 is 0 Å². The van der Waals surface area contributed by atoms with Crippen molar-refractivity contribution in [3.8, 4) is 0 Å². The number of aryl methyl sites for hydroxylation is 1. The summed E-state index contributed by atoms with van der Waals surface area (Å²) >= 11 is 0. The summed E-state index contributed by atoms with van der Waals surface area (Å²) in [6.07, 6.45) is 2.23. The number of ether oxygens (including phenoxy) is 1. The minimum absolute atomic E-state index is 0.104. The van der Waals surface area contributed by atoms with E-state index in [1.165, 1.54) is 0 Å². The normalized spacial score (nSPS) is 10.7. The second kappa shape index (κ2) is 10.9. The largest absolute Gasteiger partial charge is 0.461 e. The highest BCUT2D eigenvalue weighted by molar-refractivity contribution is 6.06. The van der Waals surface area contributed by atoms with Crippen molar-refractivity contribution < 1.29 is 19.1 Å². The van der Waals surface area contributed by atoms with Crippen LogP contribution in [0.25, 0.3) is 0 Å². The second-order valence-electron chi connectivity index (χ2n) is 8.30. The minimum atomic E-state index is -0.465. The minimum Gasteiger partial charge on any atom is -0.461 e. The van der Waals surface area contributed by atoms with Crippen LogP contribution in [0.5, 0.6) is 0 Å². The van der Waals surface area contributed by atoms with Crippen molar-refractivity contribution in [2.24, 2.45) is 7.05 Å². The van der Waals surface area contributed by atoms with Gasteiger partial charge < -0.3 is 14.2 Å². The van der Waals surface area contributed by atoms with Crippen LogP contribution in [0.4, 0.5) is 0 Å². The third-order valence-electron chi connectivity index (χ3n) is 5.96. The topological polar surface area (TPSA) is 81.5 Å². The highest BCUT2D eigenvalue weighted by Crippen LogP contribution is 2.23. The van der Waals surface area contributed by atoms with Gasteiger partial charge in [0.15, 0.2) is 5.78 Å². The summed E-state index contributed by atoms with van der Waals surface area (Å²) < 4.78 is 6.85. The summed E-state index contributed by atoms with van der Waals surface area (Å²) in [5, 5.41) is 0. The molecule has 2 heterocycles. The third-order valence-corrected chi connectivity index (χ3v) is 5.96. The van der Waals surface area contributed by atoms with Crippen molar-refractivity contribution in [3.05, 3.63) is 88.0 Å². The number of amides is 1. The Morgan fingerprint density at radius 3 is 2.35 bits per heavy atom. The van der Waals surface area contributed by atoms with Gasteiger partial charge in [0.1, 0.15) is 5.69 Å². The van der Waals surface area contributed by atoms with Crippen molar-refractivity contribution in [2.75, 3.05) is 19.7 Å². The van der Waals surface area contributed by atoms with Crippen molar-refractivity contribution in [1.29, 1.82) is 0 Å². The molecule has 1 aromatic carbocycles. The number of aromatic nitrogens is 2. The molecule has 7 heteroatoms. The van der Waals surface area contributed by atoms with Crippen molar-refractivity contribution in [1.82, 2.24) is 14.5 Å². The molecule has 0 N–H and O–H groups in total. The van der Waals surface area contributed by atoms with Crippen LogP contribution in [0.3, 0.4) is 0 Å². The second-order valence-corrected chi connectivity index (χ2v) is 8.30. The summed E-state index contributed by atoms with van der Waals surface area (Å²) in [6, 6.07) is 12.9. The van der Waals surface area contributed by atoms with Crippen LogP contribution in [0.15, 0.2) is 48.7 Å². The first-order valence-corrected chi connectivity index (χ1v) is 11.4. The van der Waals surface area contributed by atoms with Crippen LogP contribution in [-0.4, -0.2) is 51.8 Å². The van der Waals surface area contributed by atoms with Gasteiger partial charge in [-0.2, -0.15) is 0 Å². The van der Waals surface area contributed by atoms with Crippen LogP contribution in [0.2, 0.25) is 0 Å². The molecule has 3 rings (SSSR count). The highest BCUT2D eigenvalue weighted by Gasteiger charge is 2.28. The lowest BCUT2D eigenvalue weighted by Gasteiger charge is -2.22. The molecule has 3 aromatic rings. The summed E-state index contributed by atoms with van der Waals surface area (Å²) in [7, 11) is 1.74. The Kier molecular flexibility index (Phi) is 7.99. The van der Waals surface area contributed by atoms with Gasteiger partial charge in [0.2, 0.25) is 0 Å². The predicted octanol–water partition coefficient (Wildman–Crippen LogP) is 4.09. The van der Waals surface area contributed by atoms with E-state index < -0.39 is 5.97 Å². The smallest absolute Gasteiger partial charge is 0.355 e. The maximum Gasteiger partial charge on any atom is 0.355 e. The van der Waals surface area contributed by atoms with Gasteiger partial charge in [-0.1, -0.05) is 23.8 Å².